The fourth-order valence-corrected chi connectivity index (χ4v) is 0.612. The molecule has 0 spiro atoms. The Labute approximate surface area is 82.8 Å². The summed E-state index contributed by atoms with van der Waals surface area (Å²) in [5, 5.41) is 11.1. The minimum atomic E-state index is -0.634. The Balaban J connectivity index is 3.86. The predicted molar refractivity (Wildman–Crippen MR) is 50.5 cm³/mol. The lowest BCUT2D eigenvalue weighted by molar-refractivity contribution is 0.142. The van der Waals surface area contributed by atoms with Gasteiger partial charge in [0.25, 0.3) is 0 Å². The number of nitrogens with one attached hydrogen (secondary N) is 1. The van der Waals surface area contributed by atoms with E-state index in [0.717, 1.165) is 0 Å². The molecule has 0 fully saturated rings. The fourth-order valence-electron chi connectivity index (χ4n) is 0.612. The Morgan fingerprint density at radius 1 is 1.57 bits per heavy atom. The zero-order valence-corrected chi connectivity index (χ0v) is 8.63. The van der Waals surface area contributed by atoms with Crippen molar-refractivity contribution in [3.63, 3.8) is 0 Å². The summed E-state index contributed by atoms with van der Waals surface area (Å²) in [6, 6.07) is 0. The topological polar surface area (TPSA) is 58.6 Å². The molecule has 82 valence electrons. The average molecular weight is 205 g/mol. The maximum atomic E-state index is 11.9. The summed E-state index contributed by atoms with van der Waals surface area (Å²) in [5.74, 6) is 0. The lowest BCUT2D eigenvalue weighted by Crippen LogP contribution is -2.41. The summed E-state index contributed by atoms with van der Waals surface area (Å²) < 4.78 is 16.6. The number of hydrogen-bond donors (Lipinski definition) is 2. The van der Waals surface area contributed by atoms with Crippen molar-refractivity contribution in [3.05, 3.63) is 11.9 Å². The van der Waals surface area contributed by atoms with Crippen molar-refractivity contribution in [2.45, 2.75) is 26.3 Å². The van der Waals surface area contributed by atoms with Crippen molar-refractivity contribution < 1.29 is 19.0 Å². The number of ether oxygens (including phenoxy) is 1. The highest BCUT2D eigenvalue weighted by molar-refractivity contribution is 5.68. The number of carbonyl (C=O) groups is 1. The first-order valence-electron chi connectivity index (χ1n) is 4.23. The zero-order chi connectivity index (χ0) is 11.2. The van der Waals surface area contributed by atoms with Crippen molar-refractivity contribution in [3.8, 4) is 0 Å². The summed E-state index contributed by atoms with van der Waals surface area (Å²) >= 11 is 0. The first-order valence-corrected chi connectivity index (χ1v) is 4.23. The van der Waals surface area contributed by atoms with Crippen LogP contribution in [0.1, 0.15) is 20.8 Å². The third-order valence-electron chi connectivity index (χ3n) is 1.22. The number of carbonyl (C=O) groups excluding carboxylic acids is 1. The van der Waals surface area contributed by atoms with Gasteiger partial charge in [-0.05, 0) is 20.8 Å². The summed E-state index contributed by atoms with van der Waals surface area (Å²) in [5.41, 5.74) is -0.371. The maximum absolute atomic E-state index is 11.9. The Morgan fingerprint density at radius 2 is 2.14 bits per heavy atom. The Hall–Kier alpha value is -1.10. The van der Waals surface area contributed by atoms with Crippen LogP contribution < -0.4 is 5.32 Å². The van der Waals surface area contributed by atoms with Gasteiger partial charge in [0.05, 0.1) is 12.9 Å². The van der Waals surface area contributed by atoms with Crippen molar-refractivity contribution in [1.29, 1.82) is 0 Å². The molecule has 0 aliphatic rings. The highest BCUT2D eigenvalue weighted by atomic mass is 19.1. The van der Waals surface area contributed by atoms with E-state index in [0.29, 0.717) is 0 Å². The van der Waals surface area contributed by atoms with Crippen LogP contribution in [0.5, 0.6) is 0 Å². The first-order chi connectivity index (χ1) is 6.39. The van der Waals surface area contributed by atoms with Crippen LogP contribution in [-0.2, 0) is 4.74 Å². The van der Waals surface area contributed by atoms with E-state index in [2.05, 4.69) is 10.1 Å². The molecule has 1 amide bonds. The molecule has 0 aliphatic heterocycles. The SMILES string of the molecule is CC(C)(C)NC(=O)OCC(=CF)CO. The molecule has 0 aromatic rings. The number of aliphatic hydroxyl groups excluding tert-OH is 1. The molecule has 0 heterocycles. The number of rotatable bonds is 3. The molecule has 0 aliphatic carbocycles. The summed E-state index contributed by atoms with van der Waals surface area (Å²) in [6.45, 7) is 4.69. The summed E-state index contributed by atoms with van der Waals surface area (Å²) in [4.78, 5) is 11.0. The van der Waals surface area contributed by atoms with Crippen LogP contribution in [0.25, 0.3) is 0 Å². The molecular formula is C9H16FNO3. The molecule has 0 saturated carbocycles. The van der Waals surface area contributed by atoms with Gasteiger partial charge >= 0.3 is 6.09 Å². The average Bonchev–Trinajstić information content (AvgIpc) is 2.03. The Morgan fingerprint density at radius 3 is 2.50 bits per heavy atom. The molecular weight excluding hydrogens is 189 g/mol. The minimum absolute atomic E-state index is 0.0223. The van der Waals surface area contributed by atoms with E-state index < -0.39 is 18.2 Å². The molecule has 0 aromatic heterocycles. The molecule has 0 rings (SSSR count). The third kappa shape index (κ3) is 6.42. The summed E-state index contributed by atoms with van der Waals surface area (Å²) in [6.07, 6.45) is -0.407. The molecule has 0 radical (unpaired) electrons. The van der Waals surface area contributed by atoms with Gasteiger partial charge in [0.2, 0.25) is 0 Å². The second kappa shape index (κ2) is 5.59. The van der Waals surface area contributed by atoms with E-state index in [-0.39, 0.29) is 18.5 Å². The molecule has 0 aromatic carbocycles. The van der Waals surface area contributed by atoms with Crippen molar-refractivity contribution in [2.75, 3.05) is 13.2 Å². The Kier molecular flexibility index (Phi) is 5.15. The van der Waals surface area contributed by atoms with Crippen LogP contribution in [0, 0.1) is 0 Å². The van der Waals surface area contributed by atoms with Gasteiger partial charge in [-0.15, -0.1) is 0 Å². The van der Waals surface area contributed by atoms with Gasteiger partial charge in [-0.1, -0.05) is 0 Å². The van der Waals surface area contributed by atoms with Gasteiger partial charge < -0.3 is 15.2 Å². The number of hydrogen-bond acceptors (Lipinski definition) is 3. The highest BCUT2D eigenvalue weighted by Crippen LogP contribution is 2.00. The van der Waals surface area contributed by atoms with E-state index in [1.54, 1.807) is 20.8 Å². The molecule has 14 heavy (non-hydrogen) atoms. The standard InChI is InChI=1S/C9H16FNO3/c1-9(2,3)11-8(13)14-6-7(4-10)5-12/h4,12H,5-6H2,1-3H3,(H,11,13). The zero-order valence-electron chi connectivity index (χ0n) is 8.63. The molecule has 4 nitrogen and oxygen atoms in total. The molecule has 0 bridgehead atoms. The van der Waals surface area contributed by atoms with Gasteiger partial charge in [0.15, 0.2) is 0 Å². The van der Waals surface area contributed by atoms with E-state index in [9.17, 15) is 9.18 Å². The number of aliphatic hydroxyl groups is 1. The first kappa shape index (κ1) is 12.9. The van der Waals surface area contributed by atoms with Gasteiger partial charge in [-0.2, -0.15) is 0 Å². The third-order valence-corrected chi connectivity index (χ3v) is 1.22. The van der Waals surface area contributed by atoms with Gasteiger partial charge in [-0.25, -0.2) is 9.18 Å². The molecule has 5 heteroatoms. The minimum Gasteiger partial charge on any atom is -0.445 e. The van der Waals surface area contributed by atoms with Crippen molar-refractivity contribution in [2.24, 2.45) is 0 Å². The van der Waals surface area contributed by atoms with Crippen LogP contribution in [0.2, 0.25) is 0 Å². The number of amides is 1. The predicted octanol–water partition coefficient (Wildman–Crippen LogP) is 1.36. The maximum Gasteiger partial charge on any atom is 0.407 e. The molecule has 0 saturated heterocycles. The number of halogens is 1. The van der Waals surface area contributed by atoms with E-state index in [1.807, 2.05) is 0 Å². The van der Waals surface area contributed by atoms with E-state index in [4.69, 9.17) is 5.11 Å². The van der Waals surface area contributed by atoms with Crippen LogP contribution in [0.15, 0.2) is 11.9 Å². The lowest BCUT2D eigenvalue weighted by atomic mass is 10.1. The van der Waals surface area contributed by atoms with Crippen molar-refractivity contribution in [1.82, 2.24) is 5.32 Å². The fraction of sp³-hybridized carbons (Fsp3) is 0.667. The largest absolute Gasteiger partial charge is 0.445 e. The summed E-state index contributed by atoms with van der Waals surface area (Å²) in [7, 11) is 0. The van der Waals surface area contributed by atoms with E-state index in [1.165, 1.54) is 0 Å². The molecule has 0 atom stereocenters. The second-order valence-corrected chi connectivity index (χ2v) is 3.88. The normalized spacial score (nSPS) is 12.5. The van der Waals surface area contributed by atoms with Crippen molar-refractivity contribution >= 4 is 6.09 Å². The lowest BCUT2D eigenvalue weighted by Gasteiger charge is -2.19. The van der Waals surface area contributed by atoms with Gasteiger partial charge in [-0.3, -0.25) is 0 Å². The Bertz CT molecular complexity index is 221. The van der Waals surface area contributed by atoms with Crippen LogP contribution in [0.4, 0.5) is 9.18 Å². The van der Waals surface area contributed by atoms with Crippen LogP contribution >= 0.6 is 0 Å². The monoisotopic (exact) mass is 205 g/mol. The molecule has 2 N–H and O–H groups in total. The quantitative estimate of drug-likeness (QED) is 0.731. The number of alkyl carbamates (subject to hydrolysis) is 1. The molecule has 0 unspecified atom stereocenters. The highest BCUT2D eigenvalue weighted by Gasteiger charge is 2.14. The second-order valence-electron chi connectivity index (χ2n) is 3.88. The van der Waals surface area contributed by atoms with Gasteiger partial charge in [0, 0.05) is 11.1 Å². The van der Waals surface area contributed by atoms with Crippen LogP contribution in [-0.4, -0.2) is 30.0 Å². The van der Waals surface area contributed by atoms with Gasteiger partial charge in [0.1, 0.15) is 6.61 Å². The van der Waals surface area contributed by atoms with Crippen LogP contribution in [0.3, 0.4) is 0 Å². The van der Waals surface area contributed by atoms with E-state index >= 15 is 0 Å². The smallest absolute Gasteiger partial charge is 0.407 e.